The van der Waals surface area contributed by atoms with Crippen LogP contribution in [0, 0.1) is 12.8 Å². The van der Waals surface area contributed by atoms with Crippen LogP contribution < -0.4 is 10.6 Å². The van der Waals surface area contributed by atoms with Crippen molar-refractivity contribution in [3.63, 3.8) is 0 Å². The number of nitrogens with one attached hydrogen (secondary N) is 2. The van der Waals surface area contributed by atoms with Gasteiger partial charge in [-0.2, -0.15) is 0 Å². The molecule has 7 heteroatoms. The molecule has 0 aliphatic rings. The van der Waals surface area contributed by atoms with E-state index in [1.165, 1.54) is 11.3 Å². The van der Waals surface area contributed by atoms with Crippen molar-refractivity contribution in [2.45, 2.75) is 33.2 Å². The number of aryl methyl sites for hydroxylation is 1. The highest BCUT2D eigenvalue weighted by molar-refractivity contribution is 7.15. The number of aromatic nitrogens is 2. The lowest BCUT2D eigenvalue weighted by Crippen LogP contribution is -2.47. The van der Waals surface area contributed by atoms with E-state index in [0.717, 1.165) is 11.4 Å². The highest BCUT2D eigenvalue weighted by atomic mass is 32.1. The summed E-state index contributed by atoms with van der Waals surface area (Å²) in [4.78, 5) is 24.8. The fourth-order valence-corrected chi connectivity index (χ4v) is 2.64. The van der Waals surface area contributed by atoms with E-state index in [1.54, 1.807) is 24.3 Å². The van der Waals surface area contributed by atoms with E-state index in [0.29, 0.717) is 10.7 Å². The highest BCUT2D eigenvalue weighted by Gasteiger charge is 2.27. The van der Waals surface area contributed by atoms with Crippen LogP contribution in [0.25, 0.3) is 0 Å². The lowest BCUT2D eigenvalue weighted by atomic mass is 9.98. The third kappa shape index (κ3) is 4.59. The number of hydrogen-bond acceptors (Lipinski definition) is 5. The normalized spacial score (nSPS) is 13.2. The van der Waals surface area contributed by atoms with Crippen molar-refractivity contribution < 1.29 is 9.59 Å². The monoisotopic (exact) mass is 332 g/mol. The van der Waals surface area contributed by atoms with Crippen molar-refractivity contribution in [3.05, 3.63) is 40.9 Å². The largest absolute Gasteiger partial charge is 0.340 e. The molecule has 23 heavy (non-hydrogen) atoms. The zero-order valence-corrected chi connectivity index (χ0v) is 14.2. The maximum Gasteiger partial charge on any atom is 0.251 e. The van der Waals surface area contributed by atoms with Gasteiger partial charge in [-0.3, -0.25) is 14.9 Å². The van der Waals surface area contributed by atoms with Crippen LogP contribution in [0.3, 0.4) is 0 Å². The summed E-state index contributed by atoms with van der Waals surface area (Å²) in [5.41, 5.74) is 0.528. The Kier molecular flexibility index (Phi) is 5.81. The van der Waals surface area contributed by atoms with Crippen molar-refractivity contribution in [2.24, 2.45) is 5.92 Å². The Balaban J connectivity index is 2.10. The van der Waals surface area contributed by atoms with Gasteiger partial charge >= 0.3 is 0 Å². The van der Waals surface area contributed by atoms with E-state index >= 15 is 0 Å². The van der Waals surface area contributed by atoms with Gasteiger partial charge in [0.1, 0.15) is 11.0 Å². The first kappa shape index (κ1) is 17.1. The number of benzene rings is 1. The third-order valence-electron chi connectivity index (χ3n) is 3.57. The van der Waals surface area contributed by atoms with Gasteiger partial charge in [0.05, 0.1) is 0 Å². The second kappa shape index (κ2) is 7.82. The minimum Gasteiger partial charge on any atom is -0.340 e. The van der Waals surface area contributed by atoms with E-state index in [1.807, 2.05) is 26.8 Å². The molecular weight excluding hydrogens is 312 g/mol. The Labute approximate surface area is 139 Å². The van der Waals surface area contributed by atoms with Gasteiger partial charge in [0.2, 0.25) is 11.0 Å². The van der Waals surface area contributed by atoms with Crippen molar-refractivity contribution >= 4 is 28.3 Å². The number of nitrogens with zero attached hydrogens (tertiary/aromatic N) is 2. The van der Waals surface area contributed by atoms with Crippen LogP contribution in [0.4, 0.5) is 5.13 Å². The summed E-state index contributed by atoms with van der Waals surface area (Å²) in [6.07, 6.45) is 0.766. The number of anilines is 1. The predicted octanol–water partition coefficient (Wildman–Crippen LogP) is 2.63. The summed E-state index contributed by atoms with van der Waals surface area (Å²) < 4.78 is 0. The van der Waals surface area contributed by atoms with Crippen LogP contribution in [0.1, 0.15) is 35.6 Å². The Morgan fingerprint density at radius 3 is 2.48 bits per heavy atom. The smallest absolute Gasteiger partial charge is 0.251 e. The Morgan fingerprint density at radius 2 is 1.91 bits per heavy atom. The van der Waals surface area contributed by atoms with Gasteiger partial charge < -0.3 is 5.32 Å². The average Bonchev–Trinajstić information content (AvgIpc) is 2.97. The molecule has 2 N–H and O–H groups in total. The van der Waals surface area contributed by atoms with E-state index in [-0.39, 0.29) is 17.7 Å². The third-order valence-corrected chi connectivity index (χ3v) is 4.33. The summed E-state index contributed by atoms with van der Waals surface area (Å²) in [6.45, 7) is 5.73. The zero-order valence-electron chi connectivity index (χ0n) is 13.4. The molecule has 2 rings (SSSR count). The van der Waals surface area contributed by atoms with Crippen LogP contribution in [0.15, 0.2) is 30.3 Å². The van der Waals surface area contributed by atoms with Crippen LogP contribution in [0.5, 0.6) is 0 Å². The van der Waals surface area contributed by atoms with E-state index in [2.05, 4.69) is 20.8 Å². The fourth-order valence-electron chi connectivity index (χ4n) is 2.05. The van der Waals surface area contributed by atoms with Crippen LogP contribution in [-0.2, 0) is 4.79 Å². The molecule has 2 atom stereocenters. The minimum atomic E-state index is -0.628. The van der Waals surface area contributed by atoms with Gasteiger partial charge in [-0.05, 0) is 25.0 Å². The SMILES string of the molecule is CCC(C)C(NC(=O)c1ccccc1)C(=O)Nc1nnc(C)s1. The maximum absolute atomic E-state index is 12.5. The molecule has 1 heterocycles. The molecule has 2 unspecified atom stereocenters. The second-order valence-corrected chi connectivity index (χ2v) is 6.50. The lowest BCUT2D eigenvalue weighted by molar-refractivity contribution is -0.119. The van der Waals surface area contributed by atoms with Gasteiger partial charge in [-0.1, -0.05) is 49.8 Å². The standard InChI is InChI=1S/C16H20N4O2S/c1-4-10(2)13(15(22)18-16-20-19-11(3)23-16)17-14(21)12-8-6-5-7-9-12/h5-10,13H,4H2,1-3H3,(H,17,21)(H,18,20,22). The van der Waals surface area contributed by atoms with Crippen molar-refractivity contribution in [2.75, 3.05) is 5.32 Å². The number of hydrogen-bond donors (Lipinski definition) is 2. The summed E-state index contributed by atoms with van der Waals surface area (Å²) >= 11 is 1.30. The van der Waals surface area contributed by atoms with Crippen LogP contribution in [-0.4, -0.2) is 28.1 Å². The first-order valence-electron chi connectivity index (χ1n) is 7.48. The molecule has 6 nitrogen and oxygen atoms in total. The van der Waals surface area contributed by atoms with Crippen molar-refractivity contribution in [1.82, 2.24) is 15.5 Å². The quantitative estimate of drug-likeness (QED) is 0.852. The number of rotatable bonds is 6. The first-order chi connectivity index (χ1) is 11.0. The molecule has 0 aliphatic carbocycles. The lowest BCUT2D eigenvalue weighted by Gasteiger charge is -2.23. The van der Waals surface area contributed by atoms with E-state index < -0.39 is 6.04 Å². The Morgan fingerprint density at radius 1 is 1.22 bits per heavy atom. The molecule has 0 fully saturated rings. The zero-order chi connectivity index (χ0) is 16.8. The van der Waals surface area contributed by atoms with Gasteiger partial charge in [-0.15, -0.1) is 10.2 Å². The molecular formula is C16H20N4O2S. The van der Waals surface area contributed by atoms with Crippen LogP contribution >= 0.6 is 11.3 Å². The molecule has 2 aromatic rings. The Bertz CT molecular complexity index is 672. The van der Waals surface area contributed by atoms with Gasteiger partial charge in [-0.25, -0.2) is 0 Å². The molecule has 1 aromatic heterocycles. The molecule has 0 spiro atoms. The summed E-state index contributed by atoms with van der Waals surface area (Å²) in [6, 6.07) is 8.23. The first-order valence-corrected chi connectivity index (χ1v) is 8.29. The summed E-state index contributed by atoms with van der Waals surface area (Å²) in [7, 11) is 0. The fraction of sp³-hybridized carbons (Fsp3) is 0.375. The van der Waals surface area contributed by atoms with E-state index in [9.17, 15) is 9.59 Å². The summed E-state index contributed by atoms with van der Waals surface area (Å²) in [5.74, 6) is -0.545. The maximum atomic E-state index is 12.5. The van der Waals surface area contributed by atoms with Gasteiger partial charge in [0.25, 0.3) is 5.91 Å². The van der Waals surface area contributed by atoms with Crippen LogP contribution in [0.2, 0.25) is 0 Å². The van der Waals surface area contributed by atoms with E-state index in [4.69, 9.17) is 0 Å². The molecule has 0 radical (unpaired) electrons. The number of amides is 2. The number of carbonyl (C=O) groups excluding carboxylic acids is 2. The molecule has 1 aromatic carbocycles. The predicted molar refractivity (Wildman–Crippen MR) is 90.4 cm³/mol. The van der Waals surface area contributed by atoms with Crippen molar-refractivity contribution in [1.29, 1.82) is 0 Å². The molecule has 0 aliphatic heterocycles. The number of carbonyl (C=O) groups is 2. The molecule has 0 saturated heterocycles. The highest BCUT2D eigenvalue weighted by Crippen LogP contribution is 2.16. The van der Waals surface area contributed by atoms with Gasteiger partial charge in [0.15, 0.2) is 0 Å². The van der Waals surface area contributed by atoms with Crippen molar-refractivity contribution in [3.8, 4) is 0 Å². The average molecular weight is 332 g/mol. The topological polar surface area (TPSA) is 84.0 Å². The summed E-state index contributed by atoms with van der Waals surface area (Å²) in [5, 5.41) is 14.5. The molecule has 0 bridgehead atoms. The minimum absolute atomic E-state index is 0.00307. The Hall–Kier alpha value is -2.28. The molecule has 0 saturated carbocycles. The molecule has 2 amide bonds. The molecule has 122 valence electrons. The van der Waals surface area contributed by atoms with Gasteiger partial charge in [0, 0.05) is 5.56 Å². The second-order valence-electron chi connectivity index (χ2n) is 5.32.